The molecule has 0 aliphatic heterocycles. The summed E-state index contributed by atoms with van der Waals surface area (Å²) in [5.74, 6) is -0.973. The van der Waals surface area contributed by atoms with Crippen LogP contribution in [0.25, 0.3) is 11.0 Å². The second-order valence-corrected chi connectivity index (χ2v) is 5.41. The molecule has 1 aromatic heterocycles. The Morgan fingerprint density at radius 1 is 1.19 bits per heavy atom. The summed E-state index contributed by atoms with van der Waals surface area (Å²) < 4.78 is 5.49. The van der Waals surface area contributed by atoms with E-state index in [0.29, 0.717) is 12.1 Å². The van der Waals surface area contributed by atoms with Crippen molar-refractivity contribution in [2.24, 2.45) is 0 Å². The van der Waals surface area contributed by atoms with Gasteiger partial charge in [-0.1, -0.05) is 39.0 Å². The Morgan fingerprint density at radius 2 is 1.81 bits per heavy atom. The summed E-state index contributed by atoms with van der Waals surface area (Å²) in [5.41, 5.74) is 1.41. The molecule has 2 rings (SSSR count). The van der Waals surface area contributed by atoms with Crippen LogP contribution in [0.2, 0.25) is 0 Å². The number of aromatic carboxylic acids is 1. The van der Waals surface area contributed by atoms with Crippen LogP contribution < -0.4 is 5.32 Å². The summed E-state index contributed by atoms with van der Waals surface area (Å²) in [7, 11) is 0. The molecule has 0 bridgehead atoms. The SMILES string of the molecule is CCC(CC)(CC)NCc1c(C(=O)O)oc2ccccc12. The van der Waals surface area contributed by atoms with Gasteiger partial charge >= 0.3 is 5.97 Å². The molecule has 1 heterocycles. The lowest BCUT2D eigenvalue weighted by Gasteiger charge is -2.32. The van der Waals surface area contributed by atoms with Gasteiger partial charge in [-0.25, -0.2) is 4.79 Å². The van der Waals surface area contributed by atoms with Gasteiger partial charge in [-0.2, -0.15) is 0 Å². The number of hydrogen-bond donors (Lipinski definition) is 2. The highest BCUT2D eigenvalue weighted by Crippen LogP contribution is 2.27. The topological polar surface area (TPSA) is 62.5 Å². The molecule has 2 aromatic rings. The van der Waals surface area contributed by atoms with Crippen molar-refractivity contribution < 1.29 is 14.3 Å². The predicted molar refractivity (Wildman–Crippen MR) is 83.6 cm³/mol. The van der Waals surface area contributed by atoms with Crippen molar-refractivity contribution in [1.82, 2.24) is 5.32 Å². The van der Waals surface area contributed by atoms with Gasteiger partial charge in [0.1, 0.15) is 5.58 Å². The number of carboxylic acids is 1. The summed E-state index contributed by atoms with van der Waals surface area (Å²) in [6, 6.07) is 7.47. The molecule has 0 saturated carbocycles. The van der Waals surface area contributed by atoms with Crippen LogP contribution in [0, 0.1) is 0 Å². The Labute approximate surface area is 125 Å². The molecular weight excluding hydrogens is 266 g/mol. The molecular formula is C17H23NO3. The number of fused-ring (bicyclic) bond motifs is 1. The number of para-hydroxylation sites is 1. The third-order valence-corrected chi connectivity index (χ3v) is 4.56. The number of carbonyl (C=O) groups is 1. The smallest absolute Gasteiger partial charge is 0.372 e. The summed E-state index contributed by atoms with van der Waals surface area (Å²) in [6.07, 6.45) is 3.04. The highest BCUT2D eigenvalue weighted by Gasteiger charge is 2.26. The first kappa shape index (κ1) is 15.6. The fraction of sp³-hybridized carbons (Fsp3) is 0.471. The molecule has 0 aliphatic rings. The zero-order valence-electron chi connectivity index (χ0n) is 12.9. The highest BCUT2D eigenvalue weighted by molar-refractivity contribution is 5.95. The van der Waals surface area contributed by atoms with Crippen molar-refractivity contribution in [2.75, 3.05) is 0 Å². The third kappa shape index (κ3) is 2.95. The van der Waals surface area contributed by atoms with Gasteiger partial charge in [0.15, 0.2) is 0 Å². The number of nitrogens with one attached hydrogen (secondary N) is 1. The van der Waals surface area contributed by atoms with Crippen LogP contribution in [0.3, 0.4) is 0 Å². The Hall–Kier alpha value is -1.81. The maximum atomic E-state index is 11.4. The van der Waals surface area contributed by atoms with Crippen LogP contribution in [0.15, 0.2) is 28.7 Å². The molecule has 0 atom stereocenters. The van der Waals surface area contributed by atoms with Crippen LogP contribution in [0.4, 0.5) is 0 Å². The lowest BCUT2D eigenvalue weighted by molar-refractivity contribution is 0.0662. The van der Waals surface area contributed by atoms with Gasteiger partial charge in [-0.05, 0) is 25.3 Å². The van der Waals surface area contributed by atoms with Crippen molar-refractivity contribution in [3.8, 4) is 0 Å². The molecule has 1 aromatic carbocycles. The number of rotatable bonds is 7. The van der Waals surface area contributed by atoms with Crippen molar-refractivity contribution in [3.63, 3.8) is 0 Å². The van der Waals surface area contributed by atoms with Gasteiger partial charge in [-0.15, -0.1) is 0 Å². The lowest BCUT2D eigenvalue weighted by Crippen LogP contribution is -2.43. The standard InChI is InChI=1S/C17H23NO3/c1-4-17(5-2,6-3)18-11-13-12-9-7-8-10-14(12)21-15(13)16(19)20/h7-10,18H,4-6,11H2,1-3H3,(H,19,20). The summed E-state index contributed by atoms with van der Waals surface area (Å²) in [6.45, 7) is 6.98. The summed E-state index contributed by atoms with van der Waals surface area (Å²) in [4.78, 5) is 11.4. The van der Waals surface area contributed by atoms with Crippen LogP contribution in [0.1, 0.15) is 56.2 Å². The normalized spacial score (nSPS) is 12.0. The second-order valence-electron chi connectivity index (χ2n) is 5.41. The molecule has 4 heteroatoms. The molecule has 21 heavy (non-hydrogen) atoms. The number of benzene rings is 1. The average Bonchev–Trinajstić information content (AvgIpc) is 2.88. The summed E-state index contributed by atoms with van der Waals surface area (Å²) >= 11 is 0. The van der Waals surface area contributed by atoms with E-state index in [-0.39, 0.29) is 11.3 Å². The van der Waals surface area contributed by atoms with E-state index in [4.69, 9.17) is 4.42 Å². The van der Waals surface area contributed by atoms with E-state index in [1.54, 1.807) is 6.07 Å². The van der Waals surface area contributed by atoms with Crippen LogP contribution in [-0.2, 0) is 6.54 Å². The van der Waals surface area contributed by atoms with Gasteiger partial charge in [0.05, 0.1) is 0 Å². The Kier molecular flexibility index (Phi) is 4.68. The van der Waals surface area contributed by atoms with Gasteiger partial charge < -0.3 is 14.8 Å². The van der Waals surface area contributed by atoms with Crippen LogP contribution >= 0.6 is 0 Å². The minimum atomic E-state index is -1.02. The first-order valence-electron chi connectivity index (χ1n) is 7.55. The minimum Gasteiger partial charge on any atom is -0.475 e. The van der Waals surface area contributed by atoms with Crippen LogP contribution in [0.5, 0.6) is 0 Å². The molecule has 0 aliphatic carbocycles. The van der Waals surface area contributed by atoms with Gasteiger partial charge in [0.2, 0.25) is 5.76 Å². The molecule has 0 spiro atoms. The molecule has 0 radical (unpaired) electrons. The Balaban J connectivity index is 2.37. The molecule has 4 nitrogen and oxygen atoms in total. The fourth-order valence-electron chi connectivity index (χ4n) is 2.85. The van der Waals surface area contributed by atoms with E-state index < -0.39 is 5.97 Å². The zero-order valence-corrected chi connectivity index (χ0v) is 12.9. The van der Waals surface area contributed by atoms with Crippen molar-refractivity contribution in [3.05, 3.63) is 35.6 Å². The molecule has 0 saturated heterocycles. The second kappa shape index (κ2) is 6.31. The van der Waals surface area contributed by atoms with Crippen molar-refractivity contribution >= 4 is 16.9 Å². The number of hydrogen-bond acceptors (Lipinski definition) is 3. The maximum Gasteiger partial charge on any atom is 0.372 e. The van der Waals surface area contributed by atoms with Gasteiger partial charge in [-0.3, -0.25) is 0 Å². The van der Waals surface area contributed by atoms with E-state index >= 15 is 0 Å². The van der Waals surface area contributed by atoms with E-state index in [0.717, 1.165) is 30.2 Å². The fourth-order valence-corrected chi connectivity index (χ4v) is 2.85. The third-order valence-electron chi connectivity index (χ3n) is 4.56. The monoisotopic (exact) mass is 289 g/mol. The minimum absolute atomic E-state index is 0.0425. The van der Waals surface area contributed by atoms with Crippen LogP contribution in [-0.4, -0.2) is 16.6 Å². The molecule has 0 fully saturated rings. The molecule has 0 amide bonds. The van der Waals surface area contributed by atoms with E-state index in [9.17, 15) is 9.90 Å². The largest absolute Gasteiger partial charge is 0.475 e. The van der Waals surface area contributed by atoms with E-state index in [1.807, 2.05) is 18.2 Å². The number of carboxylic acid groups (broad SMARTS) is 1. The highest BCUT2D eigenvalue weighted by atomic mass is 16.4. The predicted octanol–water partition coefficient (Wildman–Crippen LogP) is 4.19. The van der Waals surface area contributed by atoms with Gasteiger partial charge in [0.25, 0.3) is 0 Å². The van der Waals surface area contributed by atoms with Crippen molar-refractivity contribution in [1.29, 1.82) is 0 Å². The maximum absolute atomic E-state index is 11.4. The average molecular weight is 289 g/mol. The van der Waals surface area contributed by atoms with Crippen molar-refractivity contribution in [2.45, 2.75) is 52.1 Å². The molecule has 0 unspecified atom stereocenters. The zero-order chi connectivity index (χ0) is 15.5. The Morgan fingerprint density at radius 3 is 2.38 bits per heavy atom. The summed E-state index contributed by atoms with van der Waals surface area (Å²) in [5, 5.41) is 13.8. The molecule has 114 valence electrons. The van der Waals surface area contributed by atoms with E-state index in [2.05, 4.69) is 26.1 Å². The molecule has 2 N–H and O–H groups in total. The lowest BCUT2D eigenvalue weighted by atomic mass is 9.89. The van der Waals surface area contributed by atoms with E-state index in [1.165, 1.54) is 0 Å². The Bertz CT molecular complexity index is 618. The first-order chi connectivity index (χ1) is 10.1. The first-order valence-corrected chi connectivity index (χ1v) is 7.55. The quantitative estimate of drug-likeness (QED) is 0.802. The number of furan rings is 1. The van der Waals surface area contributed by atoms with Gasteiger partial charge in [0, 0.05) is 23.0 Å².